The van der Waals surface area contributed by atoms with E-state index in [0.717, 1.165) is 12.2 Å². The van der Waals surface area contributed by atoms with Crippen molar-refractivity contribution < 1.29 is 14.3 Å². The highest BCUT2D eigenvalue weighted by molar-refractivity contribution is 6.74. The number of hydrogen-bond acceptors (Lipinski definition) is 3. The summed E-state index contributed by atoms with van der Waals surface area (Å²) in [4.78, 5) is 10.7. The molecular formula is C15H25NO3Si. The predicted octanol–water partition coefficient (Wildman–Crippen LogP) is 3.82. The zero-order chi connectivity index (χ0) is 15.4. The number of carbonyl (C=O) groups is 1. The molecule has 0 bridgehead atoms. The van der Waals surface area contributed by atoms with Crippen LogP contribution in [0.2, 0.25) is 18.1 Å². The van der Waals surface area contributed by atoms with E-state index in [2.05, 4.69) is 39.2 Å². The van der Waals surface area contributed by atoms with Crippen LogP contribution in [0.15, 0.2) is 24.3 Å². The molecule has 0 saturated heterocycles. The third-order valence-electron chi connectivity index (χ3n) is 3.83. The molecule has 0 aliphatic rings. The summed E-state index contributed by atoms with van der Waals surface area (Å²) in [5, 5.41) is 12.3. The highest BCUT2D eigenvalue weighted by atomic mass is 28.4. The summed E-state index contributed by atoms with van der Waals surface area (Å²) >= 11 is 0. The van der Waals surface area contributed by atoms with E-state index in [1.807, 2.05) is 0 Å². The zero-order valence-corrected chi connectivity index (χ0v) is 14.0. The minimum atomic E-state index is -1.68. The van der Waals surface area contributed by atoms with E-state index in [0.29, 0.717) is 12.2 Å². The number of nitrogens with one attached hydrogen (secondary N) is 1. The molecule has 0 saturated carbocycles. The van der Waals surface area contributed by atoms with Crippen LogP contribution in [0.3, 0.4) is 0 Å². The van der Waals surface area contributed by atoms with Crippen LogP contribution in [0, 0.1) is 0 Å². The van der Waals surface area contributed by atoms with Gasteiger partial charge in [0.25, 0.3) is 0 Å². The Morgan fingerprint density at radius 1 is 1.25 bits per heavy atom. The molecule has 0 fully saturated rings. The van der Waals surface area contributed by atoms with Gasteiger partial charge in [0.2, 0.25) is 0 Å². The van der Waals surface area contributed by atoms with Crippen LogP contribution in [-0.4, -0.2) is 32.5 Å². The molecule has 0 unspecified atom stereocenters. The van der Waals surface area contributed by atoms with E-state index in [4.69, 9.17) is 9.53 Å². The summed E-state index contributed by atoms with van der Waals surface area (Å²) in [6, 6.07) is 6.74. The molecule has 4 nitrogen and oxygen atoms in total. The number of carboxylic acid groups (broad SMARTS) is 1. The molecule has 0 spiro atoms. The Hall–Kier alpha value is -1.33. The van der Waals surface area contributed by atoms with Gasteiger partial charge in [-0.05, 0) is 42.4 Å². The van der Waals surface area contributed by atoms with Crippen molar-refractivity contribution >= 4 is 20.0 Å². The van der Waals surface area contributed by atoms with Gasteiger partial charge in [-0.1, -0.05) is 20.8 Å². The molecule has 0 aromatic heterocycles. The zero-order valence-electron chi connectivity index (χ0n) is 13.0. The highest BCUT2D eigenvalue weighted by Crippen LogP contribution is 2.36. The lowest BCUT2D eigenvalue weighted by Crippen LogP contribution is -2.41. The topological polar surface area (TPSA) is 58.6 Å². The Balaban J connectivity index is 2.40. The van der Waals surface area contributed by atoms with E-state index < -0.39 is 14.3 Å². The minimum Gasteiger partial charge on any atom is -0.478 e. The highest BCUT2D eigenvalue weighted by Gasteiger charge is 2.36. The molecule has 0 aliphatic carbocycles. The second-order valence-electron chi connectivity index (χ2n) is 6.42. The molecule has 1 aromatic rings. The van der Waals surface area contributed by atoms with Crippen LogP contribution in [0.25, 0.3) is 0 Å². The van der Waals surface area contributed by atoms with Crippen LogP contribution in [-0.2, 0) is 4.43 Å². The van der Waals surface area contributed by atoms with Gasteiger partial charge in [-0.15, -0.1) is 0 Å². The molecule has 5 heteroatoms. The number of rotatable bonds is 6. The van der Waals surface area contributed by atoms with Crippen LogP contribution in [0.4, 0.5) is 5.69 Å². The number of aromatic carboxylic acids is 1. The Morgan fingerprint density at radius 3 is 2.25 bits per heavy atom. The van der Waals surface area contributed by atoms with Crippen molar-refractivity contribution in [2.45, 2.75) is 38.9 Å². The van der Waals surface area contributed by atoms with Crippen molar-refractivity contribution in [1.29, 1.82) is 0 Å². The minimum absolute atomic E-state index is 0.218. The molecule has 0 amide bonds. The second kappa shape index (κ2) is 6.41. The third-order valence-corrected chi connectivity index (χ3v) is 8.37. The standard InChI is InChI=1S/C15H25NO3Si/c1-15(2,3)20(4,5)19-11-10-16-13-8-6-12(7-9-13)14(17)18/h6-9,16H,10-11H2,1-5H3,(H,17,18). The van der Waals surface area contributed by atoms with Crippen molar-refractivity contribution in [2.75, 3.05) is 18.5 Å². The number of anilines is 1. The quantitative estimate of drug-likeness (QED) is 0.619. The van der Waals surface area contributed by atoms with Crippen molar-refractivity contribution in [3.8, 4) is 0 Å². The smallest absolute Gasteiger partial charge is 0.335 e. The second-order valence-corrected chi connectivity index (χ2v) is 11.2. The lowest BCUT2D eigenvalue weighted by molar-refractivity contribution is 0.0697. The van der Waals surface area contributed by atoms with Gasteiger partial charge < -0.3 is 14.8 Å². The molecule has 0 atom stereocenters. The maximum absolute atomic E-state index is 10.7. The van der Waals surface area contributed by atoms with Crippen molar-refractivity contribution in [3.05, 3.63) is 29.8 Å². The van der Waals surface area contributed by atoms with Gasteiger partial charge in [-0.3, -0.25) is 0 Å². The maximum atomic E-state index is 10.7. The first-order chi connectivity index (χ1) is 9.13. The molecule has 2 N–H and O–H groups in total. The number of hydrogen-bond donors (Lipinski definition) is 2. The van der Waals surface area contributed by atoms with Gasteiger partial charge >= 0.3 is 5.97 Å². The fourth-order valence-electron chi connectivity index (χ4n) is 1.45. The summed E-state index contributed by atoms with van der Waals surface area (Å²) in [6.45, 7) is 12.5. The Bertz CT molecular complexity index is 449. The summed E-state index contributed by atoms with van der Waals surface area (Å²) < 4.78 is 6.06. The molecule has 20 heavy (non-hydrogen) atoms. The summed E-state index contributed by atoms with van der Waals surface area (Å²) in [5.74, 6) is -0.905. The van der Waals surface area contributed by atoms with Crippen molar-refractivity contribution in [3.63, 3.8) is 0 Å². The molecule has 0 radical (unpaired) electrons. The van der Waals surface area contributed by atoms with E-state index in [1.165, 1.54) is 0 Å². The summed E-state index contributed by atoms with van der Waals surface area (Å²) in [5.41, 5.74) is 1.21. The predicted molar refractivity (Wildman–Crippen MR) is 85.0 cm³/mol. The first kappa shape index (κ1) is 16.7. The maximum Gasteiger partial charge on any atom is 0.335 e. The largest absolute Gasteiger partial charge is 0.478 e. The molecule has 112 valence electrons. The third kappa shape index (κ3) is 4.65. The average molecular weight is 295 g/mol. The average Bonchev–Trinajstić information content (AvgIpc) is 2.34. The molecule has 1 aromatic carbocycles. The van der Waals surface area contributed by atoms with Gasteiger partial charge in [0.05, 0.1) is 12.2 Å². The first-order valence-electron chi connectivity index (χ1n) is 6.85. The summed E-state index contributed by atoms with van der Waals surface area (Å²) in [7, 11) is -1.68. The number of benzene rings is 1. The van der Waals surface area contributed by atoms with Gasteiger partial charge in [0.15, 0.2) is 8.32 Å². The van der Waals surface area contributed by atoms with Crippen molar-refractivity contribution in [1.82, 2.24) is 0 Å². The molecule has 1 rings (SSSR count). The van der Waals surface area contributed by atoms with Gasteiger partial charge in [-0.2, -0.15) is 0 Å². The van der Waals surface area contributed by atoms with Crippen molar-refractivity contribution in [2.24, 2.45) is 0 Å². The van der Waals surface area contributed by atoms with E-state index >= 15 is 0 Å². The molecule has 0 heterocycles. The lowest BCUT2D eigenvalue weighted by Gasteiger charge is -2.36. The fourth-order valence-corrected chi connectivity index (χ4v) is 2.49. The SMILES string of the molecule is CC(C)(C)[Si](C)(C)OCCNc1ccc(C(=O)O)cc1. The van der Waals surface area contributed by atoms with Crippen LogP contribution >= 0.6 is 0 Å². The number of carboxylic acids is 1. The van der Waals surface area contributed by atoms with Gasteiger partial charge in [0, 0.05) is 12.2 Å². The first-order valence-corrected chi connectivity index (χ1v) is 9.75. The Morgan fingerprint density at radius 2 is 1.80 bits per heavy atom. The van der Waals surface area contributed by atoms with E-state index in [-0.39, 0.29) is 5.04 Å². The van der Waals surface area contributed by atoms with E-state index in [1.54, 1.807) is 24.3 Å². The lowest BCUT2D eigenvalue weighted by atomic mass is 10.2. The Kier molecular flexibility index (Phi) is 5.36. The van der Waals surface area contributed by atoms with Crippen LogP contribution in [0.1, 0.15) is 31.1 Å². The fraction of sp³-hybridized carbons (Fsp3) is 0.533. The van der Waals surface area contributed by atoms with Crippen LogP contribution < -0.4 is 5.32 Å². The Labute approximate surface area is 122 Å². The summed E-state index contributed by atoms with van der Waals surface area (Å²) in [6.07, 6.45) is 0. The van der Waals surface area contributed by atoms with Gasteiger partial charge in [-0.25, -0.2) is 4.79 Å². The monoisotopic (exact) mass is 295 g/mol. The molecular weight excluding hydrogens is 270 g/mol. The van der Waals surface area contributed by atoms with Gasteiger partial charge in [0.1, 0.15) is 0 Å². The van der Waals surface area contributed by atoms with E-state index in [9.17, 15) is 4.79 Å². The normalized spacial score (nSPS) is 12.2. The van der Waals surface area contributed by atoms with Crippen LogP contribution in [0.5, 0.6) is 0 Å². The molecule has 0 aliphatic heterocycles.